The number of para-hydroxylation sites is 3. The van der Waals surface area contributed by atoms with Gasteiger partial charge in [0.1, 0.15) is 0 Å². The first-order chi connectivity index (χ1) is 29.4. The van der Waals surface area contributed by atoms with Gasteiger partial charge in [0.15, 0.2) is 0 Å². The lowest BCUT2D eigenvalue weighted by Gasteiger charge is -2.26. The molecule has 1 aromatic heterocycles. The number of rotatable bonds is 8. The van der Waals surface area contributed by atoms with Crippen molar-refractivity contribution in [2.45, 2.75) is 26.2 Å². The molecule has 0 atom stereocenters. The molecule has 0 saturated heterocycles. The van der Waals surface area contributed by atoms with Crippen molar-refractivity contribution in [2.24, 2.45) is 0 Å². The number of benzene rings is 9. The first-order valence-corrected chi connectivity index (χ1v) is 20.8. The fourth-order valence-electron chi connectivity index (χ4n) is 8.59. The SMILES string of the molecule is CC(C)(C)c1ccc(-c2ccc3c(c2)c2ccccc2n3-c2ccccc2-c2ccc(N(c3ccccc3)c3ccc(-c4ccc(-c5ccccc5)cc4)cc3)cc2)cc1. The number of anilines is 3. The molecule has 0 fully saturated rings. The van der Waals surface area contributed by atoms with E-state index in [1.54, 1.807) is 0 Å². The molecule has 2 nitrogen and oxygen atoms in total. The minimum absolute atomic E-state index is 0.120. The van der Waals surface area contributed by atoms with Gasteiger partial charge < -0.3 is 9.47 Å². The van der Waals surface area contributed by atoms with E-state index in [1.165, 1.54) is 66.3 Å². The molecule has 0 N–H and O–H groups in total. The Balaban J connectivity index is 0.992. The zero-order chi connectivity index (χ0) is 40.6. The lowest BCUT2D eigenvalue weighted by Crippen LogP contribution is -2.10. The summed E-state index contributed by atoms with van der Waals surface area (Å²) in [7, 11) is 0. The van der Waals surface area contributed by atoms with Crippen LogP contribution in [0.15, 0.2) is 224 Å². The third-order valence-electron chi connectivity index (χ3n) is 11.8. The Kier molecular flexibility index (Phi) is 9.47. The Morgan fingerprint density at radius 3 is 1.40 bits per heavy atom. The highest BCUT2D eigenvalue weighted by atomic mass is 15.1. The van der Waals surface area contributed by atoms with Crippen molar-refractivity contribution >= 4 is 38.9 Å². The zero-order valence-corrected chi connectivity index (χ0v) is 34.3. The number of fused-ring (bicyclic) bond motifs is 3. The molecule has 0 aliphatic rings. The highest BCUT2D eigenvalue weighted by Crippen LogP contribution is 2.40. The van der Waals surface area contributed by atoms with Gasteiger partial charge >= 0.3 is 0 Å². The number of hydrogen-bond acceptors (Lipinski definition) is 1. The molecule has 0 aliphatic carbocycles. The van der Waals surface area contributed by atoms with Gasteiger partial charge in [0, 0.05) is 33.4 Å². The molecule has 0 unspecified atom stereocenters. The average molecular weight is 771 g/mol. The van der Waals surface area contributed by atoms with Crippen LogP contribution >= 0.6 is 0 Å². The van der Waals surface area contributed by atoms with E-state index in [4.69, 9.17) is 0 Å². The largest absolute Gasteiger partial charge is 0.311 e. The first kappa shape index (κ1) is 36.9. The van der Waals surface area contributed by atoms with Crippen LogP contribution < -0.4 is 4.90 Å². The van der Waals surface area contributed by atoms with Crippen molar-refractivity contribution in [3.05, 3.63) is 230 Å². The van der Waals surface area contributed by atoms with Crippen LogP contribution in [0, 0.1) is 0 Å². The van der Waals surface area contributed by atoms with E-state index in [-0.39, 0.29) is 5.41 Å². The van der Waals surface area contributed by atoms with Gasteiger partial charge in [0.25, 0.3) is 0 Å². The van der Waals surface area contributed by atoms with E-state index in [0.717, 1.165) is 28.3 Å². The molecule has 0 spiro atoms. The number of hydrogen-bond donors (Lipinski definition) is 0. The standard InChI is InChI=1S/C58H46N2/c1-58(2,3)48-33-26-45(27-34-48)47-32-39-57-54(40-47)53-19-11-13-21-56(53)60(57)55-20-12-10-18-52(55)46-30-37-51(38-31-46)59(49-16-8-5-9-17-49)50-35-28-44(29-36-50)43-24-22-42(23-25-43)41-14-6-4-7-15-41/h4-40H,1-3H3. The normalized spacial score (nSPS) is 11.6. The van der Waals surface area contributed by atoms with Crippen molar-refractivity contribution in [3.63, 3.8) is 0 Å². The van der Waals surface area contributed by atoms with Crippen LogP contribution in [0.4, 0.5) is 17.1 Å². The molecule has 10 rings (SSSR count). The van der Waals surface area contributed by atoms with Crippen LogP contribution in [0.25, 0.3) is 72.0 Å². The molecule has 288 valence electrons. The third kappa shape index (κ3) is 6.97. The van der Waals surface area contributed by atoms with Gasteiger partial charge in [0.05, 0.1) is 16.7 Å². The van der Waals surface area contributed by atoms with Crippen molar-refractivity contribution < 1.29 is 0 Å². The summed E-state index contributed by atoms with van der Waals surface area (Å²) in [5.41, 5.74) is 18.0. The predicted molar refractivity (Wildman–Crippen MR) is 256 cm³/mol. The zero-order valence-electron chi connectivity index (χ0n) is 34.3. The predicted octanol–water partition coefficient (Wildman–Crippen LogP) is 16.2. The molecule has 0 amide bonds. The van der Waals surface area contributed by atoms with E-state index in [9.17, 15) is 0 Å². The molecule has 2 heteroatoms. The summed E-state index contributed by atoms with van der Waals surface area (Å²) in [6, 6.07) is 81.5. The Hall–Kier alpha value is -7.42. The summed E-state index contributed by atoms with van der Waals surface area (Å²) in [5, 5.41) is 2.50. The maximum atomic E-state index is 2.44. The highest BCUT2D eigenvalue weighted by molar-refractivity contribution is 6.11. The minimum Gasteiger partial charge on any atom is -0.311 e. The molecule has 10 aromatic rings. The highest BCUT2D eigenvalue weighted by Gasteiger charge is 2.19. The van der Waals surface area contributed by atoms with Crippen LogP contribution in [0.1, 0.15) is 26.3 Å². The van der Waals surface area contributed by atoms with Crippen LogP contribution in [0.5, 0.6) is 0 Å². The summed E-state index contributed by atoms with van der Waals surface area (Å²) in [4.78, 5) is 2.33. The minimum atomic E-state index is 0.120. The molecule has 0 aliphatic heterocycles. The van der Waals surface area contributed by atoms with Gasteiger partial charge in [-0.25, -0.2) is 0 Å². The van der Waals surface area contributed by atoms with Crippen molar-refractivity contribution in [3.8, 4) is 50.2 Å². The summed E-state index contributed by atoms with van der Waals surface area (Å²) in [6.45, 7) is 6.80. The van der Waals surface area contributed by atoms with Gasteiger partial charge in [-0.3, -0.25) is 0 Å². The second-order valence-electron chi connectivity index (χ2n) is 16.6. The molecule has 0 bridgehead atoms. The fourth-order valence-corrected chi connectivity index (χ4v) is 8.59. The topological polar surface area (TPSA) is 8.17 Å². The molecule has 60 heavy (non-hydrogen) atoms. The monoisotopic (exact) mass is 770 g/mol. The lowest BCUT2D eigenvalue weighted by molar-refractivity contribution is 0.590. The van der Waals surface area contributed by atoms with Gasteiger partial charge in [-0.1, -0.05) is 185 Å². The number of nitrogens with zero attached hydrogens (tertiary/aromatic N) is 2. The lowest BCUT2D eigenvalue weighted by atomic mass is 9.86. The maximum Gasteiger partial charge on any atom is 0.0541 e. The maximum absolute atomic E-state index is 2.44. The Labute approximate surface area is 353 Å². The summed E-state index contributed by atoms with van der Waals surface area (Å²) < 4.78 is 2.44. The van der Waals surface area contributed by atoms with E-state index >= 15 is 0 Å². The Morgan fingerprint density at radius 2 is 0.767 bits per heavy atom. The Bertz CT molecular complexity index is 3060. The molecular formula is C58H46N2. The van der Waals surface area contributed by atoms with Crippen molar-refractivity contribution in [2.75, 3.05) is 4.90 Å². The van der Waals surface area contributed by atoms with E-state index < -0.39 is 0 Å². The van der Waals surface area contributed by atoms with Gasteiger partial charge in [-0.15, -0.1) is 0 Å². The number of aromatic nitrogens is 1. The summed E-state index contributed by atoms with van der Waals surface area (Å²) in [5.74, 6) is 0. The quantitative estimate of drug-likeness (QED) is 0.149. The van der Waals surface area contributed by atoms with Crippen molar-refractivity contribution in [1.82, 2.24) is 4.57 Å². The fraction of sp³-hybridized carbons (Fsp3) is 0.0690. The molecule has 0 radical (unpaired) electrons. The van der Waals surface area contributed by atoms with Gasteiger partial charge in [0.2, 0.25) is 0 Å². The van der Waals surface area contributed by atoms with Crippen LogP contribution in [0.2, 0.25) is 0 Å². The Morgan fingerprint density at radius 1 is 0.333 bits per heavy atom. The van der Waals surface area contributed by atoms with Crippen LogP contribution in [-0.2, 0) is 5.41 Å². The van der Waals surface area contributed by atoms with Crippen molar-refractivity contribution in [1.29, 1.82) is 0 Å². The first-order valence-electron chi connectivity index (χ1n) is 20.8. The molecule has 1 heterocycles. The molecule has 0 saturated carbocycles. The second kappa shape index (κ2) is 15.4. The molecular weight excluding hydrogens is 725 g/mol. The van der Waals surface area contributed by atoms with E-state index in [0.29, 0.717) is 0 Å². The molecule has 9 aromatic carbocycles. The van der Waals surface area contributed by atoms with Crippen LogP contribution in [-0.4, -0.2) is 4.57 Å². The summed E-state index contributed by atoms with van der Waals surface area (Å²) >= 11 is 0. The smallest absolute Gasteiger partial charge is 0.0541 e. The van der Waals surface area contributed by atoms with E-state index in [1.807, 2.05) is 0 Å². The van der Waals surface area contributed by atoms with Crippen LogP contribution in [0.3, 0.4) is 0 Å². The van der Waals surface area contributed by atoms with E-state index in [2.05, 4.69) is 255 Å². The van der Waals surface area contributed by atoms with Gasteiger partial charge in [-0.2, -0.15) is 0 Å². The summed E-state index contributed by atoms with van der Waals surface area (Å²) in [6.07, 6.45) is 0. The van der Waals surface area contributed by atoms with Gasteiger partial charge in [-0.05, 0) is 111 Å². The second-order valence-corrected chi connectivity index (χ2v) is 16.6. The average Bonchev–Trinajstić information content (AvgIpc) is 3.64. The third-order valence-corrected chi connectivity index (χ3v) is 11.8.